The molecule has 104 valence electrons. The first-order valence-corrected chi connectivity index (χ1v) is 7.11. The highest BCUT2D eigenvalue weighted by atomic mass is 16.5. The average Bonchev–Trinajstić information content (AvgIpc) is 3.16. The summed E-state index contributed by atoms with van der Waals surface area (Å²) < 4.78 is 5.40. The topological polar surface area (TPSA) is 64.9 Å². The van der Waals surface area contributed by atoms with Crippen molar-refractivity contribution in [1.82, 2.24) is 10.1 Å². The number of hydrogen-bond donors (Lipinski definition) is 1. The van der Waals surface area contributed by atoms with Crippen LogP contribution in [0.5, 0.6) is 0 Å². The summed E-state index contributed by atoms with van der Waals surface area (Å²) in [4.78, 5) is 4.49. The van der Waals surface area contributed by atoms with Crippen molar-refractivity contribution in [2.45, 2.75) is 19.3 Å². The summed E-state index contributed by atoms with van der Waals surface area (Å²) in [6.07, 6.45) is 3.55. The van der Waals surface area contributed by atoms with Gasteiger partial charge in [-0.3, -0.25) is 0 Å². The van der Waals surface area contributed by atoms with Crippen LogP contribution in [0.2, 0.25) is 0 Å². The molecule has 0 bridgehead atoms. The summed E-state index contributed by atoms with van der Waals surface area (Å²) in [6.45, 7) is 0. The van der Waals surface area contributed by atoms with E-state index in [0.29, 0.717) is 11.7 Å². The molecule has 0 aliphatic heterocycles. The lowest BCUT2D eigenvalue weighted by Crippen LogP contribution is -1.86. The largest absolute Gasteiger partial charge is 0.399 e. The first-order chi connectivity index (χ1) is 10.3. The zero-order valence-corrected chi connectivity index (χ0v) is 11.5. The molecule has 2 aromatic carbocycles. The molecule has 0 radical (unpaired) electrons. The first kappa shape index (κ1) is 12.1. The normalized spacial score (nSPS) is 13.3. The lowest BCUT2D eigenvalue weighted by atomic mass is 10.1. The molecule has 1 aliphatic rings. The molecule has 0 amide bonds. The number of benzene rings is 2. The molecule has 0 spiro atoms. The van der Waals surface area contributed by atoms with Gasteiger partial charge < -0.3 is 10.3 Å². The molecule has 1 heterocycles. The monoisotopic (exact) mass is 277 g/mol. The predicted molar refractivity (Wildman–Crippen MR) is 81.6 cm³/mol. The molecule has 4 rings (SSSR count). The lowest BCUT2D eigenvalue weighted by Gasteiger charge is -2.00. The Bertz CT molecular complexity index is 790. The van der Waals surface area contributed by atoms with Crippen LogP contribution in [-0.4, -0.2) is 10.1 Å². The predicted octanol–water partition coefficient (Wildman–Crippen LogP) is 3.47. The van der Waals surface area contributed by atoms with E-state index in [1.54, 1.807) is 0 Å². The number of anilines is 1. The molecule has 0 saturated carbocycles. The number of nitrogens with two attached hydrogens (primary N) is 1. The SMILES string of the molecule is Nc1ccc(-c2noc(-c3ccc4c(c3)CCC4)n2)cc1. The van der Waals surface area contributed by atoms with E-state index in [2.05, 4.69) is 28.3 Å². The standard InChI is InChI=1S/C17H15N3O/c18-15-8-6-12(7-9-15)16-19-17(21-20-16)14-5-4-11-2-1-3-13(11)10-14/h4-10H,1-3,18H2. The first-order valence-electron chi connectivity index (χ1n) is 7.11. The average molecular weight is 277 g/mol. The van der Waals surface area contributed by atoms with Gasteiger partial charge in [0.1, 0.15) is 0 Å². The van der Waals surface area contributed by atoms with Crippen molar-refractivity contribution in [1.29, 1.82) is 0 Å². The minimum Gasteiger partial charge on any atom is -0.399 e. The molecule has 4 nitrogen and oxygen atoms in total. The molecular formula is C17H15N3O. The number of nitrogen functional groups attached to an aromatic ring is 1. The third-order valence-corrected chi connectivity index (χ3v) is 3.94. The number of aromatic nitrogens is 2. The van der Waals surface area contributed by atoms with Crippen LogP contribution in [-0.2, 0) is 12.8 Å². The third-order valence-electron chi connectivity index (χ3n) is 3.94. The van der Waals surface area contributed by atoms with Crippen molar-refractivity contribution in [3.63, 3.8) is 0 Å². The molecule has 2 N–H and O–H groups in total. The minimum atomic E-state index is 0.566. The molecule has 3 aromatic rings. The quantitative estimate of drug-likeness (QED) is 0.728. The lowest BCUT2D eigenvalue weighted by molar-refractivity contribution is 0.432. The maximum absolute atomic E-state index is 5.69. The number of fused-ring (bicyclic) bond motifs is 1. The molecule has 0 saturated heterocycles. The van der Waals surface area contributed by atoms with Gasteiger partial charge in [-0.2, -0.15) is 4.98 Å². The fraction of sp³-hybridized carbons (Fsp3) is 0.176. The summed E-state index contributed by atoms with van der Waals surface area (Å²) in [5.74, 6) is 1.15. The van der Waals surface area contributed by atoms with Crippen LogP contribution >= 0.6 is 0 Å². The molecular weight excluding hydrogens is 262 g/mol. The highest BCUT2D eigenvalue weighted by Gasteiger charge is 2.15. The Hall–Kier alpha value is -2.62. The van der Waals surface area contributed by atoms with Gasteiger partial charge >= 0.3 is 0 Å². The maximum Gasteiger partial charge on any atom is 0.258 e. The van der Waals surface area contributed by atoms with Gasteiger partial charge in [-0.1, -0.05) is 11.2 Å². The van der Waals surface area contributed by atoms with Gasteiger partial charge in [0.25, 0.3) is 5.89 Å². The summed E-state index contributed by atoms with van der Waals surface area (Å²) in [5, 5.41) is 4.06. The zero-order valence-electron chi connectivity index (χ0n) is 11.5. The van der Waals surface area contributed by atoms with E-state index >= 15 is 0 Å². The van der Waals surface area contributed by atoms with Gasteiger partial charge in [-0.25, -0.2) is 0 Å². The van der Waals surface area contributed by atoms with Gasteiger partial charge in [-0.05, 0) is 66.8 Å². The second kappa shape index (κ2) is 4.74. The molecule has 1 aromatic heterocycles. The smallest absolute Gasteiger partial charge is 0.258 e. The van der Waals surface area contributed by atoms with Crippen LogP contribution < -0.4 is 5.73 Å². The fourth-order valence-corrected chi connectivity index (χ4v) is 2.80. The van der Waals surface area contributed by atoms with Gasteiger partial charge in [-0.15, -0.1) is 0 Å². The Morgan fingerprint density at radius 1 is 0.905 bits per heavy atom. The highest BCUT2D eigenvalue weighted by Crippen LogP contribution is 2.28. The Morgan fingerprint density at radius 3 is 2.52 bits per heavy atom. The van der Waals surface area contributed by atoms with E-state index in [1.165, 1.54) is 24.0 Å². The van der Waals surface area contributed by atoms with E-state index < -0.39 is 0 Å². The van der Waals surface area contributed by atoms with E-state index in [1.807, 2.05) is 24.3 Å². The van der Waals surface area contributed by atoms with Crippen molar-refractivity contribution in [3.8, 4) is 22.8 Å². The van der Waals surface area contributed by atoms with Gasteiger partial charge in [0, 0.05) is 16.8 Å². The second-order valence-electron chi connectivity index (χ2n) is 5.38. The zero-order chi connectivity index (χ0) is 14.2. The van der Waals surface area contributed by atoms with E-state index in [4.69, 9.17) is 10.3 Å². The summed E-state index contributed by atoms with van der Waals surface area (Å²) in [6, 6.07) is 13.9. The molecule has 0 atom stereocenters. The molecule has 1 aliphatic carbocycles. The minimum absolute atomic E-state index is 0.566. The Balaban J connectivity index is 1.69. The second-order valence-corrected chi connectivity index (χ2v) is 5.38. The Labute approximate surface area is 122 Å². The van der Waals surface area contributed by atoms with Crippen LogP contribution in [0.3, 0.4) is 0 Å². The summed E-state index contributed by atoms with van der Waals surface area (Å²) in [7, 11) is 0. The summed E-state index contributed by atoms with van der Waals surface area (Å²) >= 11 is 0. The van der Waals surface area contributed by atoms with Crippen molar-refractivity contribution >= 4 is 5.69 Å². The van der Waals surface area contributed by atoms with E-state index in [9.17, 15) is 0 Å². The molecule has 4 heteroatoms. The van der Waals surface area contributed by atoms with Crippen LogP contribution in [0.15, 0.2) is 47.0 Å². The van der Waals surface area contributed by atoms with Crippen LogP contribution in [0.25, 0.3) is 22.8 Å². The number of aryl methyl sites for hydroxylation is 2. The number of hydrogen-bond acceptors (Lipinski definition) is 4. The van der Waals surface area contributed by atoms with E-state index in [0.717, 1.165) is 23.2 Å². The van der Waals surface area contributed by atoms with Crippen molar-refractivity contribution in [2.24, 2.45) is 0 Å². The summed E-state index contributed by atoms with van der Waals surface area (Å²) in [5.41, 5.74) is 11.1. The molecule has 21 heavy (non-hydrogen) atoms. The van der Waals surface area contributed by atoms with Crippen LogP contribution in [0, 0.1) is 0 Å². The Morgan fingerprint density at radius 2 is 1.67 bits per heavy atom. The van der Waals surface area contributed by atoms with Crippen LogP contribution in [0.1, 0.15) is 17.5 Å². The number of rotatable bonds is 2. The van der Waals surface area contributed by atoms with Gasteiger partial charge in [0.05, 0.1) is 0 Å². The Kier molecular flexibility index (Phi) is 2.74. The number of nitrogens with zero attached hydrogens (tertiary/aromatic N) is 2. The van der Waals surface area contributed by atoms with Gasteiger partial charge in [0.15, 0.2) is 0 Å². The van der Waals surface area contributed by atoms with Crippen molar-refractivity contribution < 1.29 is 4.52 Å². The molecule has 0 unspecified atom stereocenters. The van der Waals surface area contributed by atoms with Gasteiger partial charge in [0.2, 0.25) is 5.82 Å². The van der Waals surface area contributed by atoms with E-state index in [-0.39, 0.29) is 0 Å². The molecule has 0 fully saturated rings. The van der Waals surface area contributed by atoms with Crippen molar-refractivity contribution in [3.05, 3.63) is 53.6 Å². The fourth-order valence-electron chi connectivity index (χ4n) is 2.80. The third kappa shape index (κ3) is 2.18. The highest BCUT2D eigenvalue weighted by molar-refractivity contribution is 5.62. The maximum atomic E-state index is 5.69. The van der Waals surface area contributed by atoms with Crippen LogP contribution in [0.4, 0.5) is 5.69 Å². The van der Waals surface area contributed by atoms with Crippen molar-refractivity contribution in [2.75, 3.05) is 5.73 Å².